The second-order valence-corrected chi connectivity index (χ2v) is 12.7. The maximum absolute atomic E-state index is 13.5. The Kier molecular flexibility index (Phi) is 6.85. The van der Waals surface area contributed by atoms with Crippen molar-refractivity contribution in [2.24, 2.45) is 0 Å². The van der Waals surface area contributed by atoms with E-state index in [2.05, 4.69) is 15.5 Å². The minimum absolute atomic E-state index is 0.111. The van der Waals surface area contributed by atoms with E-state index < -0.39 is 22.0 Å². The molecule has 0 radical (unpaired) electrons. The van der Waals surface area contributed by atoms with Gasteiger partial charge in [0.2, 0.25) is 5.13 Å². The maximum Gasteiger partial charge on any atom is 0.269 e. The van der Waals surface area contributed by atoms with Crippen LogP contribution in [0.2, 0.25) is 5.02 Å². The fraction of sp³-hybridized carbons (Fsp3) is 0.286. The molecule has 0 spiro atoms. The van der Waals surface area contributed by atoms with Gasteiger partial charge in [-0.15, -0.1) is 10.2 Å². The van der Waals surface area contributed by atoms with Crippen LogP contribution in [-0.2, 0) is 14.8 Å². The molecule has 0 bridgehead atoms. The van der Waals surface area contributed by atoms with Gasteiger partial charge in [-0.05, 0) is 37.3 Å². The van der Waals surface area contributed by atoms with Crippen molar-refractivity contribution in [1.29, 1.82) is 0 Å². The van der Waals surface area contributed by atoms with Crippen LogP contribution in [0, 0.1) is 6.92 Å². The largest absolute Gasteiger partial charge is 0.476 e. The summed E-state index contributed by atoms with van der Waals surface area (Å²) < 4.78 is 34.7. The Morgan fingerprint density at radius 1 is 1.24 bits per heavy atom. The molecule has 0 saturated heterocycles. The number of aromatic nitrogens is 2. The van der Waals surface area contributed by atoms with E-state index in [0.29, 0.717) is 15.4 Å². The Bertz CT molecular complexity index is 1280. The Hall–Kier alpha value is -2.34. The number of halogens is 1. The molecule has 174 valence electrons. The molecule has 3 aromatic rings. The van der Waals surface area contributed by atoms with E-state index in [4.69, 9.17) is 16.3 Å². The van der Waals surface area contributed by atoms with Crippen LogP contribution in [0.5, 0.6) is 5.75 Å². The number of anilines is 2. The lowest BCUT2D eigenvalue weighted by atomic mass is 10.2. The number of sulfonamides is 1. The summed E-state index contributed by atoms with van der Waals surface area (Å²) in [6, 6.07) is 11.2. The van der Waals surface area contributed by atoms with Crippen molar-refractivity contribution in [3.05, 3.63) is 53.1 Å². The number of nitrogens with zero attached hydrogens (tertiary/aromatic N) is 3. The quantitative estimate of drug-likeness (QED) is 0.371. The van der Waals surface area contributed by atoms with Crippen LogP contribution in [0.3, 0.4) is 0 Å². The van der Waals surface area contributed by atoms with E-state index in [1.54, 1.807) is 24.3 Å². The summed E-state index contributed by atoms with van der Waals surface area (Å²) in [7, 11) is -3.97. The van der Waals surface area contributed by atoms with E-state index in [1.165, 1.54) is 41.3 Å². The highest BCUT2D eigenvalue weighted by Crippen LogP contribution is 2.39. The predicted octanol–water partition coefficient (Wildman–Crippen LogP) is 4.60. The monoisotopic (exact) mass is 524 g/mol. The number of hydrogen-bond donors (Lipinski definition) is 1. The summed E-state index contributed by atoms with van der Waals surface area (Å²) in [5.74, 6) is -0.272. The highest BCUT2D eigenvalue weighted by Gasteiger charge is 2.38. The van der Waals surface area contributed by atoms with Gasteiger partial charge in [-0.25, -0.2) is 8.42 Å². The van der Waals surface area contributed by atoms with Crippen LogP contribution in [-0.4, -0.2) is 42.4 Å². The summed E-state index contributed by atoms with van der Waals surface area (Å²) in [5, 5.41) is 11.7. The second-order valence-electron chi connectivity index (χ2n) is 7.60. The third-order valence-corrected chi connectivity index (χ3v) is 8.62. The fourth-order valence-electron chi connectivity index (χ4n) is 3.12. The third kappa shape index (κ3) is 5.26. The first-order chi connectivity index (χ1) is 15.6. The topological polar surface area (TPSA) is 101 Å². The zero-order valence-electron chi connectivity index (χ0n) is 18.0. The number of nitrogens with one attached hydrogen (secondary N) is 1. The standard InChI is InChI=1S/C21H21ClN4O4S3/c1-12(2)31-21-25-24-20(32-21)23-19(27)18-11-26(16-10-14(22)6-9-17(16)30-18)33(28,29)15-7-4-13(3)5-8-15/h4-10,12,18H,11H2,1-3H3,(H,23,24,27)/t18-/m1/s1. The van der Waals surface area contributed by atoms with Crippen molar-refractivity contribution in [3.8, 4) is 5.75 Å². The van der Waals surface area contributed by atoms with Crippen molar-refractivity contribution in [2.45, 2.75) is 41.4 Å². The van der Waals surface area contributed by atoms with Crippen molar-refractivity contribution >= 4 is 61.4 Å². The van der Waals surface area contributed by atoms with Gasteiger partial charge in [0.25, 0.3) is 15.9 Å². The molecule has 0 fully saturated rings. The lowest BCUT2D eigenvalue weighted by Gasteiger charge is -2.34. The van der Waals surface area contributed by atoms with Crippen LogP contribution in [0.15, 0.2) is 51.7 Å². The predicted molar refractivity (Wildman–Crippen MR) is 131 cm³/mol. The minimum atomic E-state index is -3.97. The molecule has 1 aliphatic rings. The number of hydrogen-bond acceptors (Lipinski definition) is 8. The molecule has 1 atom stereocenters. The van der Waals surface area contributed by atoms with Crippen LogP contribution in [0.4, 0.5) is 10.8 Å². The summed E-state index contributed by atoms with van der Waals surface area (Å²) in [4.78, 5) is 13.1. The van der Waals surface area contributed by atoms with Gasteiger partial charge in [0, 0.05) is 10.3 Å². The zero-order chi connectivity index (χ0) is 23.8. The number of carbonyl (C=O) groups is 1. The average Bonchev–Trinajstić information content (AvgIpc) is 3.19. The Balaban J connectivity index is 1.63. The number of carbonyl (C=O) groups excluding carboxylic acids is 1. The molecular weight excluding hydrogens is 504 g/mol. The van der Waals surface area contributed by atoms with Gasteiger partial charge in [-0.1, -0.05) is 66.2 Å². The van der Waals surface area contributed by atoms with Gasteiger partial charge in [0.1, 0.15) is 5.75 Å². The van der Waals surface area contributed by atoms with Crippen molar-refractivity contribution in [3.63, 3.8) is 0 Å². The number of ether oxygens (including phenoxy) is 1. The molecule has 0 aliphatic carbocycles. The fourth-order valence-corrected chi connectivity index (χ4v) is 6.73. The summed E-state index contributed by atoms with van der Waals surface area (Å²) >= 11 is 8.92. The normalized spacial score (nSPS) is 15.8. The molecule has 0 unspecified atom stereocenters. The minimum Gasteiger partial charge on any atom is -0.476 e. The van der Waals surface area contributed by atoms with Crippen LogP contribution in [0.1, 0.15) is 19.4 Å². The van der Waals surface area contributed by atoms with E-state index in [9.17, 15) is 13.2 Å². The van der Waals surface area contributed by atoms with Gasteiger partial charge in [0.15, 0.2) is 10.4 Å². The third-order valence-electron chi connectivity index (χ3n) is 4.67. The number of fused-ring (bicyclic) bond motifs is 1. The lowest BCUT2D eigenvalue weighted by Crippen LogP contribution is -2.48. The molecule has 12 heteroatoms. The molecule has 2 heterocycles. The Morgan fingerprint density at radius 2 is 1.97 bits per heavy atom. The van der Waals surface area contributed by atoms with E-state index in [0.717, 1.165) is 14.2 Å². The molecule has 33 heavy (non-hydrogen) atoms. The first-order valence-corrected chi connectivity index (χ1v) is 13.5. The van der Waals surface area contributed by atoms with E-state index in [1.807, 2.05) is 20.8 Å². The summed E-state index contributed by atoms with van der Waals surface area (Å²) in [6.07, 6.45) is -1.09. The lowest BCUT2D eigenvalue weighted by molar-refractivity contribution is -0.122. The highest BCUT2D eigenvalue weighted by molar-refractivity contribution is 8.01. The molecule has 1 N–H and O–H groups in total. The number of aryl methyl sites for hydroxylation is 1. The van der Waals surface area contributed by atoms with Crippen molar-refractivity contribution < 1.29 is 17.9 Å². The van der Waals surface area contributed by atoms with Crippen molar-refractivity contribution in [1.82, 2.24) is 10.2 Å². The molecular formula is C21H21ClN4O4S3. The molecule has 8 nitrogen and oxygen atoms in total. The van der Waals surface area contributed by atoms with Gasteiger partial charge in [-0.3, -0.25) is 14.4 Å². The Morgan fingerprint density at radius 3 is 2.67 bits per heavy atom. The summed E-state index contributed by atoms with van der Waals surface area (Å²) in [5.41, 5.74) is 1.21. The van der Waals surface area contributed by atoms with E-state index in [-0.39, 0.29) is 22.9 Å². The number of thioether (sulfide) groups is 1. The smallest absolute Gasteiger partial charge is 0.269 e. The zero-order valence-corrected chi connectivity index (χ0v) is 21.2. The Labute approximate surface area is 205 Å². The van der Waals surface area contributed by atoms with Gasteiger partial charge < -0.3 is 4.74 Å². The molecule has 0 saturated carbocycles. The molecule has 2 aromatic carbocycles. The van der Waals surface area contributed by atoms with Gasteiger partial charge in [-0.2, -0.15) is 0 Å². The highest BCUT2D eigenvalue weighted by atomic mass is 35.5. The summed E-state index contributed by atoms with van der Waals surface area (Å²) in [6.45, 7) is 5.72. The number of amides is 1. The SMILES string of the molecule is Cc1ccc(S(=O)(=O)N2C[C@H](C(=O)Nc3nnc(SC(C)C)s3)Oc3ccc(Cl)cc32)cc1. The second kappa shape index (κ2) is 9.49. The first-order valence-electron chi connectivity index (χ1n) is 10.00. The molecule has 4 rings (SSSR count). The first kappa shape index (κ1) is 23.8. The maximum atomic E-state index is 13.5. The van der Waals surface area contributed by atoms with Crippen molar-refractivity contribution in [2.75, 3.05) is 16.2 Å². The number of benzene rings is 2. The van der Waals surface area contributed by atoms with E-state index >= 15 is 0 Å². The van der Waals surface area contributed by atoms with Crippen LogP contribution >= 0.6 is 34.7 Å². The number of rotatable bonds is 6. The van der Waals surface area contributed by atoms with Gasteiger partial charge >= 0.3 is 0 Å². The molecule has 1 aliphatic heterocycles. The van der Waals surface area contributed by atoms with Gasteiger partial charge in [0.05, 0.1) is 17.1 Å². The van der Waals surface area contributed by atoms with Crippen LogP contribution in [0.25, 0.3) is 0 Å². The van der Waals surface area contributed by atoms with Crippen LogP contribution < -0.4 is 14.4 Å². The molecule has 1 amide bonds. The average molecular weight is 525 g/mol. The molecule has 1 aromatic heterocycles.